The number of halogens is 2. The molecule has 18 heteroatoms. The van der Waals surface area contributed by atoms with Crippen LogP contribution in [0, 0.1) is 21.4 Å². The standard InChI is InChI=1S/C20H15BrN4O4S.C13H10BrN3O3S/c21-16-8-4-5-9-17(16)23-20(26)24-18-11-10-14(13-22)12-19(18)25(30(27,28)29)15-6-2-1-3-7-15;14-9-3-1-2-4-10(9)15-13(21)16-11-6-5-8(17(19)20)7-12(11)18/h1-12H,(H2,23,24,26)(H,27,28,29);1-7,18H,(H2,15,16,21). The molecule has 0 atom stereocenters. The highest BCUT2D eigenvalue weighted by Crippen LogP contribution is 2.35. The van der Waals surface area contributed by atoms with Crippen LogP contribution in [0.1, 0.15) is 5.56 Å². The van der Waals surface area contributed by atoms with E-state index in [2.05, 4.69) is 53.1 Å². The van der Waals surface area contributed by atoms with Crippen LogP contribution in [0.15, 0.2) is 124 Å². The highest BCUT2D eigenvalue weighted by atomic mass is 79.9. The number of phenolic OH excluding ortho intramolecular Hbond substituents is 1. The lowest BCUT2D eigenvalue weighted by atomic mass is 10.1. The van der Waals surface area contributed by atoms with E-state index >= 15 is 0 Å². The van der Waals surface area contributed by atoms with E-state index < -0.39 is 21.3 Å². The molecule has 0 aliphatic heterocycles. The van der Waals surface area contributed by atoms with Crippen molar-refractivity contribution in [2.24, 2.45) is 0 Å². The lowest BCUT2D eigenvalue weighted by Gasteiger charge is -2.24. The zero-order valence-corrected chi connectivity index (χ0v) is 30.6. The van der Waals surface area contributed by atoms with E-state index in [1.807, 2.05) is 30.3 Å². The average Bonchev–Trinajstić information content (AvgIpc) is 3.08. The van der Waals surface area contributed by atoms with Crippen LogP contribution in [0.5, 0.6) is 5.75 Å². The SMILES string of the molecule is N#Cc1ccc(NC(=O)Nc2ccccc2Br)c(N(c2ccccc2)S(=O)(=O)O)c1.O=[N+]([O-])c1ccc(NC(=S)Nc2ccccc2Br)c(O)c1. The number of nitriles is 1. The number of hydrogen-bond acceptors (Lipinski definition) is 8. The summed E-state index contributed by atoms with van der Waals surface area (Å²) in [5.41, 5.74) is 1.60. The van der Waals surface area contributed by atoms with E-state index in [4.69, 9.17) is 12.2 Å². The Hall–Kier alpha value is -5.58. The van der Waals surface area contributed by atoms with E-state index in [1.54, 1.807) is 42.5 Å². The first-order valence-corrected chi connectivity index (χ1v) is 17.7. The summed E-state index contributed by atoms with van der Waals surface area (Å²) in [6, 6.07) is 31.2. The van der Waals surface area contributed by atoms with Crippen molar-refractivity contribution in [2.75, 3.05) is 25.6 Å². The molecule has 5 aromatic carbocycles. The van der Waals surface area contributed by atoms with Crippen molar-refractivity contribution in [3.8, 4) is 11.8 Å². The Morgan fingerprint density at radius 3 is 1.86 bits per heavy atom. The first kappa shape index (κ1) is 38.2. The van der Waals surface area contributed by atoms with Crippen molar-refractivity contribution in [3.05, 3.63) is 140 Å². The van der Waals surface area contributed by atoms with Gasteiger partial charge in [0.1, 0.15) is 5.75 Å². The summed E-state index contributed by atoms with van der Waals surface area (Å²) in [7, 11) is -4.78. The van der Waals surface area contributed by atoms with Gasteiger partial charge in [-0.2, -0.15) is 13.7 Å². The maximum Gasteiger partial charge on any atom is 0.364 e. The molecule has 0 bridgehead atoms. The van der Waals surface area contributed by atoms with Gasteiger partial charge >= 0.3 is 16.3 Å². The second-order valence-electron chi connectivity index (χ2n) is 10.00. The van der Waals surface area contributed by atoms with Crippen LogP contribution in [-0.2, 0) is 10.3 Å². The van der Waals surface area contributed by atoms with Crippen molar-refractivity contribution < 1.29 is 27.8 Å². The minimum atomic E-state index is -4.78. The van der Waals surface area contributed by atoms with Gasteiger partial charge in [0.15, 0.2) is 5.11 Å². The monoisotopic (exact) mass is 853 g/mol. The van der Waals surface area contributed by atoms with Crippen LogP contribution in [0.25, 0.3) is 0 Å². The Balaban J connectivity index is 0.000000244. The fourth-order valence-corrected chi connectivity index (χ4v) is 6.03. The molecular weight excluding hydrogens is 830 g/mol. The molecule has 2 amide bonds. The van der Waals surface area contributed by atoms with Crippen molar-refractivity contribution in [1.29, 1.82) is 5.26 Å². The third-order valence-corrected chi connectivity index (χ3v) is 8.96. The summed E-state index contributed by atoms with van der Waals surface area (Å²) in [6.07, 6.45) is 0. The number of para-hydroxylation sites is 3. The zero-order chi connectivity index (χ0) is 37.1. The van der Waals surface area contributed by atoms with Crippen molar-refractivity contribution in [2.45, 2.75) is 0 Å². The molecule has 0 aromatic heterocycles. The number of thiocarbonyl (C=S) groups is 1. The molecule has 0 spiro atoms. The van der Waals surface area contributed by atoms with E-state index in [9.17, 15) is 38.2 Å². The van der Waals surface area contributed by atoms with Gasteiger partial charge in [0.2, 0.25) is 0 Å². The third-order valence-electron chi connectivity index (χ3n) is 6.50. The predicted molar refractivity (Wildman–Crippen MR) is 207 cm³/mol. The number of urea groups is 1. The minimum Gasteiger partial charge on any atom is -0.506 e. The Labute approximate surface area is 314 Å². The number of rotatable bonds is 8. The number of nitro benzene ring substituents is 1. The lowest BCUT2D eigenvalue weighted by molar-refractivity contribution is -0.384. The van der Waals surface area contributed by atoms with Gasteiger partial charge in [-0.3, -0.25) is 14.7 Å². The van der Waals surface area contributed by atoms with Crippen molar-refractivity contribution in [3.63, 3.8) is 0 Å². The number of non-ortho nitro benzene ring substituents is 1. The summed E-state index contributed by atoms with van der Waals surface area (Å²) in [6.45, 7) is 0. The Kier molecular flexibility index (Phi) is 13.0. The first-order chi connectivity index (χ1) is 24.3. The third kappa shape index (κ3) is 10.7. The molecule has 6 N–H and O–H groups in total. The van der Waals surface area contributed by atoms with Crippen LogP contribution in [0.2, 0.25) is 0 Å². The molecule has 0 saturated carbocycles. The number of amides is 2. The van der Waals surface area contributed by atoms with Gasteiger partial charge in [0.05, 0.1) is 56.7 Å². The number of nitrogens with zero attached hydrogens (tertiary/aromatic N) is 3. The Bertz CT molecular complexity index is 2240. The molecule has 0 aliphatic rings. The van der Waals surface area contributed by atoms with E-state index in [0.29, 0.717) is 14.5 Å². The zero-order valence-electron chi connectivity index (χ0n) is 25.8. The minimum absolute atomic E-state index is 0.0695. The largest absolute Gasteiger partial charge is 0.506 e. The number of carbonyl (C=O) groups excluding carboxylic acids is 1. The summed E-state index contributed by atoms with van der Waals surface area (Å²) < 4.78 is 36.3. The van der Waals surface area contributed by atoms with Crippen LogP contribution < -0.4 is 25.6 Å². The molecule has 0 radical (unpaired) electrons. The van der Waals surface area contributed by atoms with Crippen LogP contribution in [0.3, 0.4) is 0 Å². The number of phenols is 1. The Morgan fingerprint density at radius 2 is 1.31 bits per heavy atom. The molecule has 0 fully saturated rings. The number of nitro groups is 1. The fraction of sp³-hybridized carbons (Fsp3) is 0. The predicted octanol–water partition coefficient (Wildman–Crippen LogP) is 8.78. The molecule has 260 valence electrons. The van der Waals surface area contributed by atoms with E-state index in [-0.39, 0.29) is 44.9 Å². The average molecular weight is 856 g/mol. The first-order valence-electron chi connectivity index (χ1n) is 14.3. The van der Waals surface area contributed by atoms with Gasteiger partial charge in [-0.1, -0.05) is 42.5 Å². The van der Waals surface area contributed by atoms with Gasteiger partial charge in [-0.15, -0.1) is 0 Å². The molecule has 0 unspecified atom stereocenters. The molecular formula is C33H25Br2N7O7S2. The van der Waals surface area contributed by atoms with E-state index in [0.717, 1.165) is 16.2 Å². The number of benzene rings is 5. The van der Waals surface area contributed by atoms with Crippen LogP contribution in [-0.4, -0.2) is 34.1 Å². The molecule has 5 rings (SSSR count). The summed E-state index contributed by atoms with van der Waals surface area (Å²) in [5.74, 6) is -0.250. The van der Waals surface area contributed by atoms with E-state index in [1.165, 1.54) is 42.5 Å². The smallest absolute Gasteiger partial charge is 0.364 e. The molecule has 5 aromatic rings. The molecule has 51 heavy (non-hydrogen) atoms. The number of nitrogens with one attached hydrogen (secondary N) is 4. The van der Waals surface area contributed by atoms with Gasteiger partial charge in [-0.25, -0.2) is 9.10 Å². The molecule has 0 heterocycles. The summed E-state index contributed by atoms with van der Waals surface area (Å²) >= 11 is 11.8. The Morgan fingerprint density at radius 1 is 0.784 bits per heavy atom. The fourth-order valence-electron chi connectivity index (χ4n) is 4.25. The number of hydrogen-bond donors (Lipinski definition) is 6. The van der Waals surface area contributed by atoms with Crippen molar-refractivity contribution >= 4 is 105 Å². The summed E-state index contributed by atoms with van der Waals surface area (Å²) in [4.78, 5) is 22.5. The van der Waals surface area contributed by atoms with Gasteiger partial charge in [0, 0.05) is 15.0 Å². The maximum absolute atomic E-state index is 12.5. The van der Waals surface area contributed by atoms with Crippen molar-refractivity contribution in [1.82, 2.24) is 0 Å². The topological polar surface area (TPSA) is 210 Å². The second kappa shape index (κ2) is 17.4. The number of carbonyl (C=O) groups is 1. The quantitative estimate of drug-likeness (QED) is 0.0286. The highest BCUT2D eigenvalue weighted by Gasteiger charge is 2.26. The van der Waals surface area contributed by atoms with Gasteiger partial charge in [-0.05, 0) is 105 Å². The second-order valence-corrected chi connectivity index (χ2v) is 13.4. The normalized spacial score (nSPS) is 10.4. The molecule has 14 nitrogen and oxygen atoms in total. The van der Waals surface area contributed by atoms with Gasteiger partial charge in [0.25, 0.3) is 5.69 Å². The summed E-state index contributed by atoms with van der Waals surface area (Å²) in [5, 5.41) is 40.8. The maximum atomic E-state index is 12.5. The van der Waals surface area contributed by atoms with Crippen LogP contribution >= 0.6 is 44.1 Å². The highest BCUT2D eigenvalue weighted by molar-refractivity contribution is 9.11. The van der Waals surface area contributed by atoms with Crippen LogP contribution in [0.4, 0.5) is 44.6 Å². The number of aromatic hydroxyl groups is 1. The lowest BCUT2D eigenvalue weighted by Crippen LogP contribution is -2.27. The number of anilines is 6. The molecule has 0 aliphatic carbocycles. The molecule has 0 saturated heterocycles. The van der Waals surface area contributed by atoms with Gasteiger partial charge < -0.3 is 26.4 Å².